The quantitative estimate of drug-likeness (QED) is 0.895. The van der Waals surface area contributed by atoms with Crippen molar-refractivity contribution < 1.29 is 9.47 Å². The van der Waals surface area contributed by atoms with Crippen molar-refractivity contribution in [1.29, 1.82) is 0 Å². The number of anilines is 1. The van der Waals surface area contributed by atoms with E-state index >= 15 is 0 Å². The molecule has 3 nitrogen and oxygen atoms in total. The predicted octanol–water partition coefficient (Wildman–Crippen LogP) is 4.45. The van der Waals surface area contributed by atoms with Crippen LogP contribution in [0.25, 0.3) is 0 Å². The number of benzene rings is 1. The molecule has 2 heterocycles. The van der Waals surface area contributed by atoms with E-state index in [1.165, 1.54) is 4.88 Å². The highest BCUT2D eigenvalue weighted by atomic mass is 79.9. The molecule has 5 heteroatoms. The van der Waals surface area contributed by atoms with E-state index in [0.717, 1.165) is 21.7 Å². The minimum Gasteiger partial charge on any atom is -0.486 e. The highest BCUT2D eigenvalue weighted by Crippen LogP contribution is 2.39. The maximum atomic E-state index is 5.61. The van der Waals surface area contributed by atoms with Crippen molar-refractivity contribution in [3.63, 3.8) is 0 Å². The average Bonchev–Trinajstić information content (AvgIpc) is 2.93. The van der Waals surface area contributed by atoms with Gasteiger partial charge in [0, 0.05) is 21.5 Å². The summed E-state index contributed by atoms with van der Waals surface area (Å²) in [5, 5.41) is 5.58. The number of hydrogen-bond acceptors (Lipinski definition) is 4. The molecule has 0 radical (unpaired) electrons. The van der Waals surface area contributed by atoms with Gasteiger partial charge in [0.15, 0.2) is 11.5 Å². The molecule has 1 aliphatic rings. The zero-order valence-corrected chi connectivity index (χ0v) is 12.9. The lowest BCUT2D eigenvalue weighted by molar-refractivity contribution is 0.171. The molecule has 1 aromatic carbocycles. The van der Waals surface area contributed by atoms with Crippen LogP contribution in [-0.2, 0) is 0 Å². The van der Waals surface area contributed by atoms with Gasteiger partial charge in [-0.05, 0) is 34.3 Å². The van der Waals surface area contributed by atoms with Crippen LogP contribution in [-0.4, -0.2) is 13.2 Å². The number of halogens is 1. The molecule has 0 aliphatic carbocycles. The number of hydrogen-bond donors (Lipinski definition) is 1. The largest absolute Gasteiger partial charge is 0.486 e. The second-order valence-corrected chi connectivity index (χ2v) is 6.19. The van der Waals surface area contributed by atoms with Gasteiger partial charge >= 0.3 is 0 Å². The van der Waals surface area contributed by atoms with Crippen molar-refractivity contribution in [2.45, 2.75) is 13.0 Å². The van der Waals surface area contributed by atoms with Crippen LogP contribution in [0.5, 0.6) is 11.5 Å². The first-order valence-electron chi connectivity index (χ1n) is 6.13. The van der Waals surface area contributed by atoms with E-state index in [1.807, 2.05) is 12.1 Å². The molecule has 1 atom stereocenters. The van der Waals surface area contributed by atoms with Gasteiger partial charge in [-0.25, -0.2) is 0 Å². The first-order valence-corrected chi connectivity index (χ1v) is 7.80. The van der Waals surface area contributed by atoms with Crippen LogP contribution in [0.15, 0.2) is 34.1 Å². The van der Waals surface area contributed by atoms with Crippen LogP contribution >= 0.6 is 27.3 Å². The fraction of sp³-hybridized carbons (Fsp3) is 0.286. The van der Waals surface area contributed by atoms with Gasteiger partial charge in [0.2, 0.25) is 0 Å². The van der Waals surface area contributed by atoms with Crippen LogP contribution in [0.4, 0.5) is 5.69 Å². The molecule has 1 aromatic heterocycles. The van der Waals surface area contributed by atoms with Crippen LogP contribution in [0.1, 0.15) is 17.8 Å². The Morgan fingerprint density at radius 3 is 2.68 bits per heavy atom. The zero-order chi connectivity index (χ0) is 13.2. The smallest absolute Gasteiger partial charge is 0.163 e. The van der Waals surface area contributed by atoms with E-state index in [0.29, 0.717) is 13.2 Å². The highest BCUT2D eigenvalue weighted by molar-refractivity contribution is 9.10. The van der Waals surface area contributed by atoms with E-state index in [1.54, 1.807) is 11.3 Å². The third-order valence-corrected chi connectivity index (χ3v) is 4.68. The summed E-state index contributed by atoms with van der Waals surface area (Å²) in [5.74, 6) is 1.60. The molecule has 0 saturated heterocycles. The van der Waals surface area contributed by atoms with E-state index in [4.69, 9.17) is 9.47 Å². The van der Waals surface area contributed by atoms with E-state index in [2.05, 4.69) is 45.7 Å². The van der Waals surface area contributed by atoms with E-state index in [9.17, 15) is 0 Å². The molecule has 1 unspecified atom stereocenters. The Bertz CT molecular complexity index is 571. The third kappa shape index (κ3) is 2.72. The molecule has 0 saturated carbocycles. The maximum Gasteiger partial charge on any atom is 0.163 e. The predicted molar refractivity (Wildman–Crippen MR) is 81.5 cm³/mol. The third-order valence-electron chi connectivity index (χ3n) is 2.97. The standard InChI is InChI=1S/C14H14BrNO2S/c1-9(14-3-2-6-19-14)16-11-8-13-12(7-10(11)15)17-4-5-18-13/h2-3,6-9,16H,4-5H2,1H3. The maximum absolute atomic E-state index is 5.61. The average molecular weight is 340 g/mol. The summed E-state index contributed by atoms with van der Waals surface area (Å²) < 4.78 is 12.2. The lowest BCUT2D eigenvalue weighted by Gasteiger charge is -2.21. The van der Waals surface area contributed by atoms with Crippen molar-refractivity contribution in [2.24, 2.45) is 0 Å². The lowest BCUT2D eigenvalue weighted by Crippen LogP contribution is -2.16. The first-order chi connectivity index (χ1) is 9.24. The summed E-state index contributed by atoms with van der Waals surface area (Å²) in [4.78, 5) is 1.31. The van der Waals surface area contributed by atoms with Crippen molar-refractivity contribution >= 4 is 33.0 Å². The van der Waals surface area contributed by atoms with Gasteiger partial charge in [0.1, 0.15) is 13.2 Å². The Kier molecular flexibility index (Phi) is 3.66. The molecule has 2 aromatic rings. The highest BCUT2D eigenvalue weighted by Gasteiger charge is 2.16. The SMILES string of the molecule is CC(Nc1cc2c(cc1Br)OCCO2)c1cccs1. The van der Waals surface area contributed by atoms with Crippen LogP contribution in [0.3, 0.4) is 0 Å². The first kappa shape index (κ1) is 12.8. The minimum absolute atomic E-state index is 0.263. The molecule has 19 heavy (non-hydrogen) atoms. The topological polar surface area (TPSA) is 30.5 Å². The normalized spacial score (nSPS) is 15.1. The summed E-state index contributed by atoms with van der Waals surface area (Å²) in [6.45, 7) is 3.36. The Hall–Kier alpha value is -1.20. The van der Waals surface area contributed by atoms with Gasteiger partial charge in [-0.15, -0.1) is 11.3 Å². The summed E-state index contributed by atoms with van der Waals surface area (Å²) in [6, 6.07) is 8.41. The molecule has 0 spiro atoms. The van der Waals surface area contributed by atoms with Crippen molar-refractivity contribution in [2.75, 3.05) is 18.5 Å². The number of thiophene rings is 1. The molecule has 1 aliphatic heterocycles. The van der Waals surface area contributed by atoms with Crippen molar-refractivity contribution in [1.82, 2.24) is 0 Å². The minimum atomic E-state index is 0.263. The molecule has 0 amide bonds. The molecule has 0 fully saturated rings. The Morgan fingerprint density at radius 1 is 1.26 bits per heavy atom. The molecule has 0 bridgehead atoms. The summed E-state index contributed by atoms with van der Waals surface area (Å²) in [7, 11) is 0. The fourth-order valence-corrected chi connectivity index (χ4v) is 3.19. The zero-order valence-electron chi connectivity index (χ0n) is 10.5. The van der Waals surface area contributed by atoms with Crippen molar-refractivity contribution in [3.8, 4) is 11.5 Å². The number of rotatable bonds is 3. The Balaban J connectivity index is 1.84. The van der Waals surface area contributed by atoms with E-state index < -0.39 is 0 Å². The number of fused-ring (bicyclic) bond motifs is 1. The van der Waals surface area contributed by atoms with Gasteiger partial charge in [0.05, 0.1) is 11.7 Å². The molecule has 3 rings (SSSR count). The Labute approximate surface area is 124 Å². The van der Waals surface area contributed by atoms with Gasteiger partial charge in [-0.1, -0.05) is 6.07 Å². The number of ether oxygens (including phenoxy) is 2. The second-order valence-electron chi connectivity index (χ2n) is 4.36. The number of nitrogens with one attached hydrogen (secondary N) is 1. The summed E-state index contributed by atoms with van der Waals surface area (Å²) in [6.07, 6.45) is 0. The van der Waals surface area contributed by atoms with Crippen LogP contribution in [0, 0.1) is 0 Å². The molecule has 100 valence electrons. The van der Waals surface area contributed by atoms with Crippen LogP contribution < -0.4 is 14.8 Å². The van der Waals surface area contributed by atoms with Crippen molar-refractivity contribution in [3.05, 3.63) is 39.0 Å². The fourth-order valence-electron chi connectivity index (χ4n) is 2.02. The molecular weight excluding hydrogens is 326 g/mol. The molecular formula is C14H14BrNO2S. The summed E-state index contributed by atoms with van der Waals surface area (Å²) >= 11 is 5.32. The summed E-state index contributed by atoms with van der Waals surface area (Å²) in [5.41, 5.74) is 1.02. The monoisotopic (exact) mass is 339 g/mol. The lowest BCUT2D eigenvalue weighted by atomic mass is 10.2. The van der Waals surface area contributed by atoms with Gasteiger partial charge in [-0.3, -0.25) is 0 Å². The molecule has 1 N–H and O–H groups in total. The van der Waals surface area contributed by atoms with Gasteiger partial charge in [-0.2, -0.15) is 0 Å². The van der Waals surface area contributed by atoms with Gasteiger partial charge < -0.3 is 14.8 Å². The van der Waals surface area contributed by atoms with Gasteiger partial charge in [0.25, 0.3) is 0 Å². The van der Waals surface area contributed by atoms with E-state index in [-0.39, 0.29) is 6.04 Å². The second kappa shape index (κ2) is 5.43. The van der Waals surface area contributed by atoms with Crippen LogP contribution in [0.2, 0.25) is 0 Å². The Morgan fingerprint density at radius 2 is 2.00 bits per heavy atom.